The summed E-state index contributed by atoms with van der Waals surface area (Å²) in [6.45, 7) is 11.8. The fourth-order valence-electron chi connectivity index (χ4n) is 2.40. The van der Waals surface area contributed by atoms with E-state index in [1.165, 1.54) is 32.4 Å². The van der Waals surface area contributed by atoms with Gasteiger partial charge in [0.25, 0.3) is 0 Å². The summed E-state index contributed by atoms with van der Waals surface area (Å²) in [5.74, 6) is 0. The number of hydrogen-bond donors (Lipinski definition) is 1. The third-order valence-electron chi connectivity index (χ3n) is 4.21. The standard InChI is InChI=1S/C14H31N3/c1-6-14(2,3)17-10-7-13(8-11-17)15-9-12-16(4)5/h13,15H,6-12H2,1-5H3. The topological polar surface area (TPSA) is 18.5 Å². The molecule has 1 saturated heterocycles. The van der Waals surface area contributed by atoms with Crippen molar-refractivity contribution in [2.24, 2.45) is 0 Å². The van der Waals surface area contributed by atoms with Gasteiger partial charge in [-0.3, -0.25) is 4.90 Å². The second-order valence-electron chi connectivity index (χ2n) is 6.18. The second-order valence-corrected chi connectivity index (χ2v) is 6.18. The Balaban J connectivity index is 2.22. The number of likely N-dealkylation sites (tertiary alicyclic amines) is 1. The van der Waals surface area contributed by atoms with E-state index in [9.17, 15) is 0 Å². The Kier molecular flexibility index (Phi) is 5.90. The van der Waals surface area contributed by atoms with Crippen LogP contribution >= 0.6 is 0 Å². The van der Waals surface area contributed by atoms with Gasteiger partial charge in [-0.25, -0.2) is 0 Å². The third-order valence-corrected chi connectivity index (χ3v) is 4.21. The number of rotatable bonds is 6. The SMILES string of the molecule is CCC(C)(C)N1CCC(NCCN(C)C)CC1. The average Bonchev–Trinajstić information content (AvgIpc) is 2.29. The van der Waals surface area contributed by atoms with Gasteiger partial charge in [-0.05, 0) is 47.2 Å². The van der Waals surface area contributed by atoms with Crippen LogP contribution in [-0.2, 0) is 0 Å². The number of nitrogens with one attached hydrogen (secondary N) is 1. The Morgan fingerprint density at radius 1 is 1.24 bits per heavy atom. The largest absolute Gasteiger partial charge is 0.313 e. The van der Waals surface area contributed by atoms with Gasteiger partial charge in [0.2, 0.25) is 0 Å². The highest BCUT2D eigenvalue weighted by atomic mass is 15.2. The van der Waals surface area contributed by atoms with Crippen molar-refractivity contribution in [3.8, 4) is 0 Å². The summed E-state index contributed by atoms with van der Waals surface area (Å²) in [6.07, 6.45) is 3.85. The van der Waals surface area contributed by atoms with Crippen LogP contribution in [-0.4, -0.2) is 61.7 Å². The molecule has 0 aromatic rings. The van der Waals surface area contributed by atoms with E-state index in [4.69, 9.17) is 0 Å². The van der Waals surface area contributed by atoms with E-state index in [-0.39, 0.29) is 0 Å². The van der Waals surface area contributed by atoms with E-state index in [0.29, 0.717) is 5.54 Å². The van der Waals surface area contributed by atoms with Crippen LogP contribution in [0.1, 0.15) is 40.0 Å². The van der Waals surface area contributed by atoms with Gasteiger partial charge < -0.3 is 10.2 Å². The Labute approximate surface area is 108 Å². The molecule has 3 nitrogen and oxygen atoms in total. The van der Waals surface area contributed by atoms with Crippen molar-refractivity contribution in [2.45, 2.75) is 51.6 Å². The summed E-state index contributed by atoms with van der Waals surface area (Å²) < 4.78 is 0. The van der Waals surface area contributed by atoms with Crippen molar-refractivity contribution in [1.82, 2.24) is 15.1 Å². The molecule has 1 heterocycles. The smallest absolute Gasteiger partial charge is 0.0150 e. The van der Waals surface area contributed by atoms with Crippen LogP contribution in [0, 0.1) is 0 Å². The van der Waals surface area contributed by atoms with Crippen molar-refractivity contribution in [3.63, 3.8) is 0 Å². The number of hydrogen-bond acceptors (Lipinski definition) is 3. The monoisotopic (exact) mass is 241 g/mol. The zero-order chi connectivity index (χ0) is 12.9. The number of piperidine rings is 1. The quantitative estimate of drug-likeness (QED) is 0.765. The molecule has 0 unspecified atom stereocenters. The average molecular weight is 241 g/mol. The first-order valence-corrected chi connectivity index (χ1v) is 7.09. The predicted molar refractivity (Wildman–Crippen MR) is 75.5 cm³/mol. The van der Waals surface area contributed by atoms with Crippen LogP contribution in [0.2, 0.25) is 0 Å². The van der Waals surface area contributed by atoms with Gasteiger partial charge in [0.1, 0.15) is 0 Å². The molecule has 0 aromatic carbocycles. The van der Waals surface area contributed by atoms with Gasteiger partial charge in [-0.15, -0.1) is 0 Å². The highest BCUT2D eigenvalue weighted by Crippen LogP contribution is 2.23. The van der Waals surface area contributed by atoms with Crippen molar-refractivity contribution in [3.05, 3.63) is 0 Å². The molecule has 1 aliphatic heterocycles. The molecule has 102 valence electrons. The lowest BCUT2D eigenvalue weighted by Gasteiger charge is -2.42. The van der Waals surface area contributed by atoms with Crippen molar-refractivity contribution in [2.75, 3.05) is 40.3 Å². The molecule has 0 atom stereocenters. The molecular formula is C14H31N3. The van der Waals surface area contributed by atoms with Crippen LogP contribution in [0.5, 0.6) is 0 Å². The first-order valence-electron chi connectivity index (χ1n) is 7.09. The zero-order valence-corrected chi connectivity index (χ0v) is 12.4. The highest BCUT2D eigenvalue weighted by molar-refractivity contribution is 4.86. The minimum Gasteiger partial charge on any atom is -0.313 e. The molecule has 0 bridgehead atoms. The Bertz CT molecular complexity index is 206. The van der Waals surface area contributed by atoms with Crippen LogP contribution in [0.4, 0.5) is 0 Å². The van der Waals surface area contributed by atoms with Gasteiger partial charge in [0, 0.05) is 37.8 Å². The Hall–Kier alpha value is -0.120. The van der Waals surface area contributed by atoms with E-state index in [1.807, 2.05) is 0 Å². The maximum Gasteiger partial charge on any atom is 0.0150 e. The molecule has 3 heteroatoms. The predicted octanol–water partition coefficient (Wildman–Crippen LogP) is 1.79. The van der Waals surface area contributed by atoms with Gasteiger partial charge in [-0.2, -0.15) is 0 Å². The van der Waals surface area contributed by atoms with Crippen molar-refractivity contribution in [1.29, 1.82) is 0 Å². The molecule has 0 aliphatic carbocycles. The van der Waals surface area contributed by atoms with Gasteiger partial charge >= 0.3 is 0 Å². The van der Waals surface area contributed by atoms with E-state index in [1.54, 1.807) is 0 Å². The maximum atomic E-state index is 3.67. The first-order chi connectivity index (χ1) is 7.95. The molecule has 1 N–H and O–H groups in total. The van der Waals surface area contributed by atoms with E-state index in [0.717, 1.165) is 19.1 Å². The van der Waals surface area contributed by atoms with Crippen LogP contribution in [0.25, 0.3) is 0 Å². The summed E-state index contributed by atoms with van der Waals surface area (Å²) in [6, 6.07) is 0.735. The molecule has 0 spiro atoms. The lowest BCUT2D eigenvalue weighted by molar-refractivity contribution is 0.0796. The molecular weight excluding hydrogens is 210 g/mol. The zero-order valence-electron chi connectivity index (χ0n) is 12.4. The lowest BCUT2D eigenvalue weighted by Crippen LogP contribution is -2.51. The fourth-order valence-corrected chi connectivity index (χ4v) is 2.40. The molecule has 0 saturated carbocycles. The van der Waals surface area contributed by atoms with E-state index < -0.39 is 0 Å². The van der Waals surface area contributed by atoms with Crippen LogP contribution in [0.15, 0.2) is 0 Å². The van der Waals surface area contributed by atoms with Crippen molar-refractivity contribution < 1.29 is 0 Å². The van der Waals surface area contributed by atoms with Crippen LogP contribution < -0.4 is 5.32 Å². The Morgan fingerprint density at radius 3 is 2.29 bits per heavy atom. The lowest BCUT2D eigenvalue weighted by atomic mass is 9.94. The molecule has 0 aromatic heterocycles. The summed E-state index contributed by atoms with van der Waals surface area (Å²) >= 11 is 0. The molecule has 1 rings (SSSR count). The van der Waals surface area contributed by atoms with Gasteiger partial charge in [-0.1, -0.05) is 6.92 Å². The minimum atomic E-state index is 0.384. The van der Waals surface area contributed by atoms with Crippen LogP contribution in [0.3, 0.4) is 0 Å². The molecule has 1 aliphatic rings. The molecule has 17 heavy (non-hydrogen) atoms. The first kappa shape index (κ1) is 14.9. The summed E-state index contributed by atoms with van der Waals surface area (Å²) in [4.78, 5) is 4.89. The minimum absolute atomic E-state index is 0.384. The maximum absolute atomic E-state index is 3.67. The fraction of sp³-hybridized carbons (Fsp3) is 1.00. The highest BCUT2D eigenvalue weighted by Gasteiger charge is 2.28. The van der Waals surface area contributed by atoms with E-state index in [2.05, 4.69) is 50.0 Å². The second kappa shape index (κ2) is 6.72. The van der Waals surface area contributed by atoms with Gasteiger partial charge in [0.05, 0.1) is 0 Å². The van der Waals surface area contributed by atoms with Gasteiger partial charge in [0.15, 0.2) is 0 Å². The molecule has 0 radical (unpaired) electrons. The number of likely N-dealkylation sites (N-methyl/N-ethyl adjacent to an activating group) is 1. The third kappa shape index (κ3) is 4.94. The molecule has 0 amide bonds. The normalized spacial score (nSPS) is 20.1. The Morgan fingerprint density at radius 2 is 1.82 bits per heavy atom. The van der Waals surface area contributed by atoms with Crippen molar-refractivity contribution >= 4 is 0 Å². The molecule has 1 fully saturated rings. The van der Waals surface area contributed by atoms with E-state index >= 15 is 0 Å². The summed E-state index contributed by atoms with van der Waals surface area (Å²) in [5.41, 5.74) is 0.384. The summed E-state index contributed by atoms with van der Waals surface area (Å²) in [7, 11) is 4.27. The summed E-state index contributed by atoms with van der Waals surface area (Å²) in [5, 5.41) is 3.67. The number of nitrogens with zero attached hydrogens (tertiary/aromatic N) is 2.